The van der Waals surface area contributed by atoms with Crippen LogP contribution in [-0.2, 0) is 0 Å². The van der Waals surface area contributed by atoms with E-state index < -0.39 is 0 Å². The van der Waals surface area contributed by atoms with E-state index >= 15 is 0 Å². The van der Waals surface area contributed by atoms with Crippen molar-refractivity contribution in [1.82, 2.24) is 10.2 Å². The van der Waals surface area contributed by atoms with Gasteiger partial charge in [0.15, 0.2) is 0 Å². The van der Waals surface area contributed by atoms with E-state index in [0.29, 0.717) is 0 Å². The molecule has 2 saturated heterocycles. The van der Waals surface area contributed by atoms with Gasteiger partial charge in [-0.2, -0.15) is 0 Å². The molecule has 0 amide bonds. The molecule has 0 radical (unpaired) electrons. The molecular formula is C15H30N2. The third-order valence-electron chi connectivity index (χ3n) is 4.73. The van der Waals surface area contributed by atoms with Crippen LogP contribution in [0.5, 0.6) is 0 Å². The fourth-order valence-electron chi connectivity index (χ4n) is 3.60. The van der Waals surface area contributed by atoms with Crippen LogP contribution in [0.4, 0.5) is 0 Å². The number of rotatable bonds is 5. The maximum atomic E-state index is 3.80. The second-order valence-corrected chi connectivity index (χ2v) is 6.56. The molecule has 2 bridgehead atoms. The SMILES string of the molecule is CC(C)CCCNC1CC2CCCC(C1)N2C. The number of piperidine rings is 2. The Bertz CT molecular complexity index is 213. The first-order chi connectivity index (χ1) is 8.16. The number of hydrogen-bond acceptors (Lipinski definition) is 2. The standard InChI is InChI=1S/C15H30N2/c1-12(2)6-5-9-16-13-10-14-7-4-8-15(11-13)17(14)3/h12-16H,4-11H2,1-3H3. The third-order valence-corrected chi connectivity index (χ3v) is 4.73. The molecule has 1 N–H and O–H groups in total. The van der Waals surface area contributed by atoms with Crippen molar-refractivity contribution in [3.8, 4) is 0 Å². The quantitative estimate of drug-likeness (QED) is 0.741. The summed E-state index contributed by atoms with van der Waals surface area (Å²) in [6, 6.07) is 2.53. The molecular weight excluding hydrogens is 208 g/mol. The zero-order valence-electron chi connectivity index (χ0n) is 11.9. The minimum absolute atomic E-state index is 0.800. The van der Waals surface area contributed by atoms with E-state index in [0.717, 1.165) is 24.0 Å². The lowest BCUT2D eigenvalue weighted by Gasteiger charge is -2.47. The lowest BCUT2D eigenvalue weighted by molar-refractivity contribution is 0.0486. The van der Waals surface area contributed by atoms with Gasteiger partial charge in [0.2, 0.25) is 0 Å². The summed E-state index contributed by atoms with van der Waals surface area (Å²) < 4.78 is 0. The Kier molecular flexibility index (Phi) is 4.87. The maximum absolute atomic E-state index is 3.80. The summed E-state index contributed by atoms with van der Waals surface area (Å²) >= 11 is 0. The Labute approximate surface area is 107 Å². The zero-order valence-corrected chi connectivity index (χ0v) is 11.9. The summed E-state index contributed by atoms with van der Waals surface area (Å²) in [6.45, 7) is 5.87. The summed E-state index contributed by atoms with van der Waals surface area (Å²) in [5.74, 6) is 0.855. The Morgan fingerprint density at radius 2 is 1.82 bits per heavy atom. The van der Waals surface area contributed by atoms with Crippen molar-refractivity contribution < 1.29 is 0 Å². The van der Waals surface area contributed by atoms with Crippen molar-refractivity contribution in [2.24, 2.45) is 5.92 Å². The number of fused-ring (bicyclic) bond motifs is 2. The maximum Gasteiger partial charge on any atom is 0.0110 e. The summed E-state index contributed by atoms with van der Waals surface area (Å²) in [5, 5.41) is 3.80. The molecule has 0 saturated carbocycles. The van der Waals surface area contributed by atoms with Crippen LogP contribution < -0.4 is 5.32 Å². The van der Waals surface area contributed by atoms with Crippen LogP contribution in [-0.4, -0.2) is 36.6 Å². The minimum Gasteiger partial charge on any atom is -0.314 e. The Balaban J connectivity index is 1.69. The van der Waals surface area contributed by atoms with Crippen LogP contribution in [0.15, 0.2) is 0 Å². The van der Waals surface area contributed by atoms with Gasteiger partial charge in [0, 0.05) is 18.1 Å². The second-order valence-electron chi connectivity index (χ2n) is 6.56. The van der Waals surface area contributed by atoms with Crippen molar-refractivity contribution in [2.75, 3.05) is 13.6 Å². The highest BCUT2D eigenvalue weighted by Crippen LogP contribution is 2.32. The Morgan fingerprint density at radius 3 is 2.41 bits per heavy atom. The Hall–Kier alpha value is -0.0800. The normalized spacial score (nSPS) is 34.2. The highest BCUT2D eigenvalue weighted by atomic mass is 15.2. The van der Waals surface area contributed by atoms with Gasteiger partial charge in [-0.15, -0.1) is 0 Å². The molecule has 2 rings (SSSR count). The molecule has 100 valence electrons. The van der Waals surface area contributed by atoms with Gasteiger partial charge in [-0.05, 0) is 58.0 Å². The van der Waals surface area contributed by atoms with E-state index in [1.807, 2.05) is 0 Å². The van der Waals surface area contributed by atoms with Crippen LogP contribution in [0.2, 0.25) is 0 Å². The average molecular weight is 238 g/mol. The van der Waals surface area contributed by atoms with Crippen LogP contribution in [0.3, 0.4) is 0 Å². The van der Waals surface area contributed by atoms with Crippen LogP contribution in [0.1, 0.15) is 58.8 Å². The molecule has 2 fully saturated rings. The predicted octanol–water partition coefficient (Wildman–Crippen LogP) is 3.03. The number of nitrogens with zero attached hydrogens (tertiary/aromatic N) is 1. The van der Waals surface area contributed by atoms with Gasteiger partial charge in [0.05, 0.1) is 0 Å². The van der Waals surface area contributed by atoms with E-state index in [9.17, 15) is 0 Å². The monoisotopic (exact) mass is 238 g/mol. The Morgan fingerprint density at radius 1 is 1.18 bits per heavy atom. The lowest BCUT2D eigenvalue weighted by atomic mass is 9.82. The largest absolute Gasteiger partial charge is 0.314 e. The van der Waals surface area contributed by atoms with E-state index in [4.69, 9.17) is 0 Å². The van der Waals surface area contributed by atoms with Gasteiger partial charge in [-0.1, -0.05) is 20.3 Å². The predicted molar refractivity (Wildman–Crippen MR) is 74.3 cm³/mol. The van der Waals surface area contributed by atoms with Crippen molar-refractivity contribution in [2.45, 2.75) is 76.9 Å². The van der Waals surface area contributed by atoms with Crippen molar-refractivity contribution in [3.05, 3.63) is 0 Å². The van der Waals surface area contributed by atoms with Crippen molar-refractivity contribution in [1.29, 1.82) is 0 Å². The lowest BCUT2D eigenvalue weighted by Crippen LogP contribution is -2.54. The summed E-state index contributed by atoms with van der Waals surface area (Å²) in [6.07, 6.45) is 9.79. The third kappa shape index (κ3) is 3.69. The minimum atomic E-state index is 0.800. The molecule has 2 aliphatic rings. The average Bonchev–Trinajstić information content (AvgIpc) is 2.25. The highest BCUT2D eigenvalue weighted by molar-refractivity contribution is 4.93. The molecule has 2 nitrogen and oxygen atoms in total. The summed E-state index contributed by atoms with van der Waals surface area (Å²) in [4.78, 5) is 2.65. The van der Waals surface area contributed by atoms with Crippen LogP contribution in [0, 0.1) is 5.92 Å². The van der Waals surface area contributed by atoms with Crippen LogP contribution >= 0.6 is 0 Å². The fourth-order valence-corrected chi connectivity index (χ4v) is 3.60. The van der Waals surface area contributed by atoms with E-state index in [1.165, 1.54) is 51.5 Å². The summed E-state index contributed by atoms with van der Waals surface area (Å²) in [7, 11) is 2.34. The van der Waals surface area contributed by atoms with Gasteiger partial charge in [-0.3, -0.25) is 0 Å². The van der Waals surface area contributed by atoms with Gasteiger partial charge in [-0.25, -0.2) is 0 Å². The van der Waals surface area contributed by atoms with Gasteiger partial charge in [0.1, 0.15) is 0 Å². The van der Waals surface area contributed by atoms with Gasteiger partial charge >= 0.3 is 0 Å². The topological polar surface area (TPSA) is 15.3 Å². The molecule has 0 aromatic rings. The molecule has 17 heavy (non-hydrogen) atoms. The zero-order chi connectivity index (χ0) is 12.3. The molecule has 0 aliphatic carbocycles. The molecule has 2 heterocycles. The number of hydrogen-bond donors (Lipinski definition) is 1. The van der Waals surface area contributed by atoms with E-state index in [-0.39, 0.29) is 0 Å². The molecule has 2 unspecified atom stereocenters. The van der Waals surface area contributed by atoms with Crippen molar-refractivity contribution >= 4 is 0 Å². The molecule has 2 heteroatoms. The molecule has 0 aromatic heterocycles. The first-order valence-corrected chi connectivity index (χ1v) is 7.62. The second kappa shape index (κ2) is 6.19. The van der Waals surface area contributed by atoms with Crippen molar-refractivity contribution in [3.63, 3.8) is 0 Å². The smallest absolute Gasteiger partial charge is 0.0110 e. The molecule has 0 aromatic carbocycles. The first-order valence-electron chi connectivity index (χ1n) is 7.62. The van der Waals surface area contributed by atoms with Crippen LogP contribution in [0.25, 0.3) is 0 Å². The van der Waals surface area contributed by atoms with E-state index in [1.54, 1.807) is 0 Å². The van der Waals surface area contributed by atoms with E-state index in [2.05, 4.69) is 31.1 Å². The summed E-state index contributed by atoms with van der Waals surface area (Å²) in [5.41, 5.74) is 0. The number of nitrogens with one attached hydrogen (secondary N) is 1. The van der Waals surface area contributed by atoms with Gasteiger partial charge < -0.3 is 10.2 Å². The highest BCUT2D eigenvalue weighted by Gasteiger charge is 2.35. The fraction of sp³-hybridized carbons (Fsp3) is 1.00. The molecule has 2 aliphatic heterocycles. The molecule has 0 spiro atoms. The van der Waals surface area contributed by atoms with Gasteiger partial charge in [0.25, 0.3) is 0 Å². The molecule has 2 atom stereocenters. The first kappa shape index (κ1) is 13.4.